The normalized spacial score (nSPS) is 7.11. The molecule has 0 amide bonds. The Kier molecular flexibility index (Phi) is 4.33. The maximum atomic E-state index is 6.06. The minimum Gasteiger partial charge on any atom is -0.370 e. The highest BCUT2D eigenvalue weighted by Crippen LogP contribution is 1.78. The monoisotopic (exact) mass is 145 g/mol. The summed E-state index contributed by atoms with van der Waals surface area (Å²) in [5.41, 5.74) is 8.94. The van der Waals surface area contributed by atoms with Gasteiger partial charge in [-0.25, -0.2) is 0 Å². The third kappa shape index (κ3) is 10.9. The van der Waals surface area contributed by atoms with Crippen LogP contribution in [-0.2, 0) is 0 Å². The Morgan fingerprint density at radius 1 is 1.56 bits per heavy atom. The molecule has 1 aromatic rings. The molecule has 0 aliphatic carbocycles. The zero-order valence-electron chi connectivity index (χ0n) is 4.61. The molecule has 1 rings (SSSR count). The van der Waals surface area contributed by atoms with Gasteiger partial charge in [0.2, 0.25) is 0 Å². The van der Waals surface area contributed by atoms with E-state index in [0.717, 1.165) is 0 Å². The van der Waals surface area contributed by atoms with E-state index in [9.17, 15) is 0 Å². The molecule has 1 aromatic heterocycles. The van der Waals surface area contributed by atoms with Crippen molar-refractivity contribution >= 4 is 17.5 Å². The van der Waals surface area contributed by atoms with Crippen molar-refractivity contribution in [2.45, 2.75) is 0 Å². The lowest BCUT2D eigenvalue weighted by Crippen LogP contribution is -2.20. The van der Waals surface area contributed by atoms with Crippen molar-refractivity contribution in [3.63, 3.8) is 0 Å². The van der Waals surface area contributed by atoms with Crippen molar-refractivity contribution in [2.24, 2.45) is 11.5 Å². The van der Waals surface area contributed by atoms with E-state index in [1.54, 1.807) is 6.20 Å². The molecule has 0 unspecified atom stereocenters. The van der Waals surface area contributed by atoms with Gasteiger partial charge in [0, 0.05) is 5.38 Å². The van der Waals surface area contributed by atoms with Crippen LogP contribution in [0.4, 0.5) is 0 Å². The summed E-state index contributed by atoms with van der Waals surface area (Å²) in [7, 11) is 0. The first-order chi connectivity index (χ1) is 4.23. The lowest BCUT2D eigenvalue weighted by molar-refractivity contribution is 1.16. The smallest absolute Gasteiger partial charge is 0.183 e. The van der Waals surface area contributed by atoms with Gasteiger partial charge >= 0.3 is 0 Å². The molecule has 1 heterocycles. The Labute approximate surface area is 56.4 Å². The Morgan fingerprint density at radius 3 is 2.22 bits per heavy atom. The van der Waals surface area contributed by atoms with E-state index < -0.39 is 0 Å². The number of nitrogens with zero attached hydrogens (tertiary/aromatic N) is 2. The minimum absolute atomic E-state index is 0.333. The van der Waals surface area contributed by atoms with Crippen LogP contribution in [-0.4, -0.2) is 15.5 Å². The molecule has 0 spiro atoms. The van der Waals surface area contributed by atoms with Crippen LogP contribution in [0.5, 0.6) is 0 Å². The number of rotatable bonds is 0. The van der Waals surface area contributed by atoms with Crippen LogP contribution in [0, 0.1) is 5.41 Å². The molecule has 0 aliphatic heterocycles. The van der Waals surface area contributed by atoms with Crippen LogP contribution in [0.3, 0.4) is 0 Å². The molecule has 6 heteroatoms. The van der Waals surface area contributed by atoms with E-state index in [0.29, 0.717) is 0 Å². The summed E-state index contributed by atoms with van der Waals surface area (Å²) < 4.78 is 3.51. The van der Waals surface area contributed by atoms with Crippen molar-refractivity contribution in [1.29, 1.82) is 5.41 Å². The molecule has 0 radical (unpaired) electrons. The summed E-state index contributed by atoms with van der Waals surface area (Å²) >= 11 is 1.35. The summed E-state index contributed by atoms with van der Waals surface area (Å²) in [6.07, 6.45) is 1.66. The molecule has 5 nitrogen and oxygen atoms in total. The quantitative estimate of drug-likeness (QED) is 0.334. The topological polar surface area (TPSA) is 102 Å². The van der Waals surface area contributed by atoms with Gasteiger partial charge < -0.3 is 11.5 Å². The van der Waals surface area contributed by atoms with Gasteiger partial charge in [0.15, 0.2) is 5.96 Å². The van der Waals surface area contributed by atoms with Gasteiger partial charge in [0.25, 0.3) is 0 Å². The number of aromatic nitrogens is 2. The van der Waals surface area contributed by atoms with Gasteiger partial charge in [-0.15, -0.1) is 5.10 Å². The van der Waals surface area contributed by atoms with Crippen LogP contribution in [0.1, 0.15) is 0 Å². The van der Waals surface area contributed by atoms with Crippen molar-refractivity contribution in [2.75, 3.05) is 0 Å². The molecule has 0 fully saturated rings. The summed E-state index contributed by atoms with van der Waals surface area (Å²) in [5.74, 6) is -0.333. The van der Waals surface area contributed by atoms with Gasteiger partial charge in [0.1, 0.15) is 0 Å². The number of hydrogen-bond donors (Lipinski definition) is 3. The molecular weight excluding hydrogens is 138 g/mol. The van der Waals surface area contributed by atoms with Crippen molar-refractivity contribution < 1.29 is 0 Å². The van der Waals surface area contributed by atoms with Gasteiger partial charge in [-0.05, 0) is 11.5 Å². The third-order valence-corrected chi connectivity index (χ3v) is 0.715. The molecule has 5 N–H and O–H groups in total. The van der Waals surface area contributed by atoms with Crippen molar-refractivity contribution in [3.8, 4) is 0 Å². The fourth-order valence-corrected chi connectivity index (χ4v) is 0.408. The van der Waals surface area contributed by atoms with E-state index in [-0.39, 0.29) is 5.96 Å². The van der Waals surface area contributed by atoms with E-state index in [4.69, 9.17) is 5.41 Å². The van der Waals surface area contributed by atoms with Gasteiger partial charge in [0.05, 0.1) is 6.20 Å². The third-order valence-electron chi connectivity index (χ3n) is 0.283. The second-order valence-corrected chi connectivity index (χ2v) is 1.69. The fraction of sp³-hybridized carbons (Fsp3) is 0. The SMILES string of the molecule is N=C(N)N.c1csnn1. The summed E-state index contributed by atoms with van der Waals surface area (Å²) in [6.45, 7) is 0. The molecule has 0 atom stereocenters. The molecule has 0 bridgehead atoms. The average molecular weight is 145 g/mol. The van der Waals surface area contributed by atoms with Crippen LogP contribution in [0.15, 0.2) is 11.6 Å². The van der Waals surface area contributed by atoms with Crippen LogP contribution < -0.4 is 11.5 Å². The number of nitrogens with two attached hydrogens (primary N) is 2. The summed E-state index contributed by atoms with van der Waals surface area (Å²) in [5, 5.41) is 11.4. The lowest BCUT2D eigenvalue weighted by atomic mass is 11.1. The van der Waals surface area contributed by atoms with Gasteiger partial charge in [-0.3, -0.25) is 5.41 Å². The Hall–Kier alpha value is -1.17. The lowest BCUT2D eigenvalue weighted by Gasteiger charge is -1.69. The second kappa shape index (κ2) is 4.98. The molecule has 9 heavy (non-hydrogen) atoms. The molecule has 50 valence electrons. The highest BCUT2D eigenvalue weighted by atomic mass is 32.1. The zero-order valence-corrected chi connectivity index (χ0v) is 5.43. The Bertz CT molecular complexity index is 126. The van der Waals surface area contributed by atoms with Crippen LogP contribution in [0.2, 0.25) is 0 Å². The highest BCUT2D eigenvalue weighted by molar-refractivity contribution is 7.03. The maximum absolute atomic E-state index is 6.06. The Morgan fingerprint density at radius 2 is 2.11 bits per heavy atom. The highest BCUT2D eigenvalue weighted by Gasteiger charge is 1.61. The summed E-state index contributed by atoms with van der Waals surface area (Å²) in [4.78, 5) is 0. The molecule has 0 aliphatic rings. The Balaban J connectivity index is 0.000000148. The molecule has 0 aromatic carbocycles. The van der Waals surface area contributed by atoms with E-state index in [2.05, 4.69) is 21.1 Å². The van der Waals surface area contributed by atoms with Crippen molar-refractivity contribution in [1.82, 2.24) is 9.59 Å². The number of guanidine groups is 1. The largest absolute Gasteiger partial charge is 0.370 e. The van der Waals surface area contributed by atoms with Gasteiger partial charge in [-0.2, -0.15) is 0 Å². The molecule has 0 saturated carbocycles. The van der Waals surface area contributed by atoms with E-state index in [1.807, 2.05) is 5.38 Å². The first kappa shape index (κ1) is 7.83. The minimum atomic E-state index is -0.333. The van der Waals surface area contributed by atoms with Crippen LogP contribution >= 0.6 is 11.5 Å². The predicted octanol–water partition coefficient (Wildman–Crippen LogP) is -0.623. The number of hydrogen-bond acceptors (Lipinski definition) is 4. The van der Waals surface area contributed by atoms with Gasteiger partial charge in [-0.1, -0.05) is 4.49 Å². The average Bonchev–Trinajstić information content (AvgIpc) is 2.11. The number of nitrogens with one attached hydrogen (secondary N) is 1. The molecular formula is C3H7N5S. The van der Waals surface area contributed by atoms with E-state index in [1.165, 1.54) is 11.5 Å². The first-order valence-corrected chi connectivity index (χ1v) is 2.87. The fourth-order valence-electron chi connectivity index (χ4n) is 0.136. The zero-order chi connectivity index (χ0) is 7.11. The van der Waals surface area contributed by atoms with E-state index >= 15 is 0 Å². The first-order valence-electron chi connectivity index (χ1n) is 2.04. The maximum Gasteiger partial charge on any atom is 0.183 e. The van der Waals surface area contributed by atoms with Crippen LogP contribution in [0.25, 0.3) is 0 Å². The second-order valence-electron chi connectivity index (χ2n) is 1.04. The predicted molar refractivity (Wildman–Crippen MR) is 36.0 cm³/mol. The molecule has 0 saturated heterocycles. The standard InChI is InChI=1S/C2H2N2S.CH5N3/c1-2-5-4-3-1;2-1(3)4/h1-2H;(H5,2,3,4). The van der Waals surface area contributed by atoms with Crippen molar-refractivity contribution in [3.05, 3.63) is 11.6 Å². The summed E-state index contributed by atoms with van der Waals surface area (Å²) in [6, 6.07) is 0.